The summed E-state index contributed by atoms with van der Waals surface area (Å²) < 4.78 is 5.53. The minimum absolute atomic E-state index is 0.0192. The number of hydrogen-bond acceptors (Lipinski definition) is 5. The van der Waals surface area contributed by atoms with Crippen LogP contribution in [0.15, 0.2) is 12.3 Å². The fraction of sp³-hybridized carbons (Fsp3) is 0.692. The number of rotatable bonds is 4. The van der Waals surface area contributed by atoms with Crippen LogP contribution in [-0.2, 0) is 4.74 Å². The Hall–Kier alpha value is -1.36. The topological polar surface area (TPSA) is 50.3 Å². The van der Waals surface area contributed by atoms with Crippen molar-refractivity contribution >= 4 is 11.8 Å². The van der Waals surface area contributed by atoms with Crippen molar-refractivity contribution in [2.75, 3.05) is 36.5 Å². The molecule has 1 aliphatic rings. The predicted octanol–water partition coefficient (Wildman–Crippen LogP) is 1.91. The largest absolute Gasteiger partial charge is 0.377 e. The van der Waals surface area contributed by atoms with E-state index in [9.17, 15) is 0 Å². The number of morpholine rings is 1. The Morgan fingerprint density at radius 3 is 3.06 bits per heavy atom. The lowest BCUT2D eigenvalue weighted by Gasteiger charge is -2.42. The Bertz CT molecular complexity index is 394. The highest BCUT2D eigenvalue weighted by Gasteiger charge is 2.31. The Kier molecular flexibility index (Phi) is 4.01. The van der Waals surface area contributed by atoms with Crippen molar-refractivity contribution in [1.82, 2.24) is 9.97 Å². The fourth-order valence-electron chi connectivity index (χ4n) is 2.10. The van der Waals surface area contributed by atoms with Gasteiger partial charge >= 0.3 is 0 Å². The molecule has 2 rings (SSSR count). The maximum absolute atomic E-state index is 5.53. The molecule has 100 valence electrons. The molecule has 0 saturated carbocycles. The zero-order valence-electron chi connectivity index (χ0n) is 11.4. The van der Waals surface area contributed by atoms with Crippen LogP contribution in [0.1, 0.15) is 27.2 Å². The molecule has 1 N–H and O–H groups in total. The van der Waals surface area contributed by atoms with Crippen molar-refractivity contribution in [2.45, 2.75) is 32.7 Å². The van der Waals surface area contributed by atoms with Gasteiger partial charge in [-0.25, -0.2) is 4.98 Å². The van der Waals surface area contributed by atoms with E-state index in [0.717, 1.165) is 38.5 Å². The monoisotopic (exact) mass is 250 g/mol. The average Bonchev–Trinajstić information content (AvgIpc) is 2.36. The first kappa shape index (κ1) is 13.1. The molecule has 0 unspecified atom stereocenters. The molecule has 1 aliphatic heterocycles. The highest BCUT2D eigenvalue weighted by atomic mass is 16.5. The minimum atomic E-state index is -0.0192. The maximum atomic E-state index is 5.53. The Labute approximate surface area is 109 Å². The Morgan fingerprint density at radius 2 is 2.33 bits per heavy atom. The summed E-state index contributed by atoms with van der Waals surface area (Å²) in [6.07, 6.45) is 2.88. The van der Waals surface area contributed by atoms with Gasteiger partial charge in [0, 0.05) is 19.3 Å². The van der Waals surface area contributed by atoms with Gasteiger partial charge in [0.1, 0.15) is 5.82 Å². The molecule has 0 aliphatic carbocycles. The molecular formula is C13H22N4O. The molecule has 5 nitrogen and oxygen atoms in total. The van der Waals surface area contributed by atoms with Gasteiger partial charge in [0.15, 0.2) is 0 Å². The second-order valence-electron chi connectivity index (χ2n) is 5.18. The fourth-order valence-corrected chi connectivity index (χ4v) is 2.10. The molecule has 0 aromatic carbocycles. The molecule has 0 bridgehead atoms. The molecule has 5 heteroatoms. The Balaban J connectivity index is 2.16. The van der Waals surface area contributed by atoms with E-state index < -0.39 is 0 Å². The summed E-state index contributed by atoms with van der Waals surface area (Å²) >= 11 is 0. The molecule has 1 aromatic heterocycles. The summed E-state index contributed by atoms with van der Waals surface area (Å²) in [7, 11) is 0. The van der Waals surface area contributed by atoms with Gasteiger partial charge in [-0.15, -0.1) is 0 Å². The number of ether oxygens (including phenoxy) is 1. The third-order valence-electron chi connectivity index (χ3n) is 3.10. The number of nitrogens with one attached hydrogen (secondary N) is 1. The third-order valence-corrected chi connectivity index (χ3v) is 3.10. The van der Waals surface area contributed by atoms with Crippen LogP contribution in [0.3, 0.4) is 0 Å². The number of hydrogen-bond donors (Lipinski definition) is 1. The van der Waals surface area contributed by atoms with Gasteiger partial charge in [0.05, 0.1) is 18.8 Å². The molecule has 0 amide bonds. The van der Waals surface area contributed by atoms with Crippen LogP contribution in [0.4, 0.5) is 11.8 Å². The van der Waals surface area contributed by atoms with E-state index in [-0.39, 0.29) is 5.54 Å². The van der Waals surface area contributed by atoms with Crippen molar-refractivity contribution in [3.8, 4) is 0 Å². The van der Waals surface area contributed by atoms with Crippen molar-refractivity contribution < 1.29 is 4.74 Å². The molecule has 1 fully saturated rings. The first-order valence-electron chi connectivity index (χ1n) is 6.56. The number of anilines is 2. The lowest BCUT2D eigenvalue weighted by atomic mass is 10.0. The zero-order chi connectivity index (χ0) is 13.0. The van der Waals surface area contributed by atoms with Crippen LogP contribution >= 0.6 is 0 Å². The highest BCUT2D eigenvalue weighted by Crippen LogP contribution is 2.25. The van der Waals surface area contributed by atoms with Crippen LogP contribution in [0.2, 0.25) is 0 Å². The first-order valence-corrected chi connectivity index (χ1v) is 6.56. The highest BCUT2D eigenvalue weighted by molar-refractivity contribution is 5.45. The number of aromatic nitrogens is 2. The van der Waals surface area contributed by atoms with Gasteiger partial charge in [0.25, 0.3) is 0 Å². The van der Waals surface area contributed by atoms with Crippen LogP contribution in [0.25, 0.3) is 0 Å². The van der Waals surface area contributed by atoms with E-state index in [4.69, 9.17) is 4.74 Å². The van der Waals surface area contributed by atoms with Crippen molar-refractivity contribution in [3.05, 3.63) is 12.3 Å². The normalized spacial score (nSPS) is 18.7. The molecule has 2 heterocycles. The smallest absolute Gasteiger partial charge is 0.224 e. The van der Waals surface area contributed by atoms with E-state index in [1.807, 2.05) is 12.3 Å². The van der Waals surface area contributed by atoms with E-state index in [0.29, 0.717) is 5.95 Å². The summed E-state index contributed by atoms with van der Waals surface area (Å²) in [6.45, 7) is 9.73. The summed E-state index contributed by atoms with van der Waals surface area (Å²) in [4.78, 5) is 11.1. The second-order valence-corrected chi connectivity index (χ2v) is 5.18. The van der Waals surface area contributed by atoms with Crippen LogP contribution in [0.5, 0.6) is 0 Å². The molecule has 0 atom stereocenters. The van der Waals surface area contributed by atoms with Gasteiger partial charge in [-0.1, -0.05) is 6.92 Å². The van der Waals surface area contributed by atoms with Crippen LogP contribution in [-0.4, -0.2) is 41.8 Å². The van der Waals surface area contributed by atoms with Gasteiger partial charge in [-0.2, -0.15) is 4.98 Å². The number of nitrogens with zero attached hydrogens (tertiary/aromatic N) is 3. The Morgan fingerprint density at radius 1 is 1.50 bits per heavy atom. The van der Waals surface area contributed by atoms with E-state index >= 15 is 0 Å². The van der Waals surface area contributed by atoms with Gasteiger partial charge in [0.2, 0.25) is 5.95 Å². The first-order chi connectivity index (χ1) is 8.63. The second kappa shape index (κ2) is 5.52. The van der Waals surface area contributed by atoms with Crippen LogP contribution in [0, 0.1) is 0 Å². The van der Waals surface area contributed by atoms with Crippen molar-refractivity contribution in [2.24, 2.45) is 0 Å². The average molecular weight is 250 g/mol. The molecular weight excluding hydrogens is 228 g/mol. The van der Waals surface area contributed by atoms with E-state index in [1.54, 1.807) is 0 Å². The quantitative estimate of drug-likeness (QED) is 0.884. The standard InChI is InChI=1S/C13H22N4O/c1-4-6-14-12-15-7-5-11(16-12)17-8-9-18-10-13(17,2)3/h5,7H,4,6,8-10H2,1-3H3,(H,14,15,16). The van der Waals surface area contributed by atoms with Crippen molar-refractivity contribution in [3.63, 3.8) is 0 Å². The predicted molar refractivity (Wildman–Crippen MR) is 73.1 cm³/mol. The van der Waals surface area contributed by atoms with Gasteiger partial charge < -0.3 is 15.0 Å². The molecule has 0 spiro atoms. The summed E-state index contributed by atoms with van der Waals surface area (Å²) in [5.41, 5.74) is -0.0192. The lowest BCUT2D eigenvalue weighted by Crippen LogP contribution is -2.53. The van der Waals surface area contributed by atoms with Crippen LogP contribution < -0.4 is 10.2 Å². The van der Waals surface area contributed by atoms with Gasteiger partial charge in [-0.3, -0.25) is 0 Å². The molecule has 1 aromatic rings. The molecule has 0 radical (unpaired) electrons. The summed E-state index contributed by atoms with van der Waals surface area (Å²) in [6, 6.07) is 1.96. The molecule has 18 heavy (non-hydrogen) atoms. The van der Waals surface area contributed by atoms with E-state index in [1.165, 1.54) is 0 Å². The van der Waals surface area contributed by atoms with Gasteiger partial charge in [-0.05, 0) is 26.3 Å². The minimum Gasteiger partial charge on any atom is -0.377 e. The zero-order valence-corrected chi connectivity index (χ0v) is 11.4. The van der Waals surface area contributed by atoms with Crippen molar-refractivity contribution in [1.29, 1.82) is 0 Å². The maximum Gasteiger partial charge on any atom is 0.224 e. The summed E-state index contributed by atoms with van der Waals surface area (Å²) in [5, 5.41) is 3.22. The third kappa shape index (κ3) is 2.90. The summed E-state index contributed by atoms with van der Waals surface area (Å²) in [5.74, 6) is 1.67. The SMILES string of the molecule is CCCNc1nccc(N2CCOCC2(C)C)n1. The lowest BCUT2D eigenvalue weighted by molar-refractivity contribution is 0.0639. The molecule has 1 saturated heterocycles. The van der Waals surface area contributed by atoms with E-state index in [2.05, 4.69) is 41.0 Å².